The SMILES string of the molecule is CC1CN(C(=O)COc2ccc([N+](=O)[O-])cc2)CC(C)O1. The maximum atomic E-state index is 12.1. The second kappa shape index (κ2) is 6.53. The minimum atomic E-state index is -0.481. The zero-order chi connectivity index (χ0) is 15.4. The third kappa shape index (κ3) is 4.16. The van der Waals surface area contributed by atoms with Gasteiger partial charge in [0, 0.05) is 25.2 Å². The number of ether oxygens (including phenoxy) is 2. The third-order valence-electron chi connectivity index (χ3n) is 3.18. The van der Waals surface area contributed by atoms with Gasteiger partial charge in [-0.05, 0) is 26.0 Å². The topological polar surface area (TPSA) is 81.9 Å². The maximum absolute atomic E-state index is 12.1. The molecule has 1 aliphatic heterocycles. The van der Waals surface area contributed by atoms with Gasteiger partial charge in [0.25, 0.3) is 11.6 Å². The van der Waals surface area contributed by atoms with E-state index < -0.39 is 4.92 Å². The van der Waals surface area contributed by atoms with Crippen LogP contribution in [-0.2, 0) is 9.53 Å². The van der Waals surface area contributed by atoms with Gasteiger partial charge in [-0.15, -0.1) is 0 Å². The molecule has 2 unspecified atom stereocenters. The molecule has 1 heterocycles. The van der Waals surface area contributed by atoms with Gasteiger partial charge in [0.05, 0.1) is 17.1 Å². The number of hydrogen-bond acceptors (Lipinski definition) is 5. The van der Waals surface area contributed by atoms with Gasteiger partial charge in [-0.3, -0.25) is 14.9 Å². The van der Waals surface area contributed by atoms with Crippen LogP contribution in [0.5, 0.6) is 5.75 Å². The van der Waals surface area contributed by atoms with Gasteiger partial charge in [0.2, 0.25) is 0 Å². The van der Waals surface area contributed by atoms with Crippen molar-refractivity contribution >= 4 is 11.6 Å². The Balaban J connectivity index is 1.87. The molecule has 1 aromatic rings. The Bertz CT molecular complexity index is 507. The third-order valence-corrected chi connectivity index (χ3v) is 3.18. The fourth-order valence-corrected chi connectivity index (χ4v) is 2.28. The Hall–Kier alpha value is -2.15. The van der Waals surface area contributed by atoms with E-state index in [1.807, 2.05) is 13.8 Å². The Morgan fingerprint density at radius 1 is 1.33 bits per heavy atom. The van der Waals surface area contributed by atoms with Crippen LogP contribution in [0.2, 0.25) is 0 Å². The summed E-state index contributed by atoms with van der Waals surface area (Å²) < 4.78 is 10.9. The molecular weight excluding hydrogens is 276 g/mol. The number of nitrogens with zero attached hydrogens (tertiary/aromatic N) is 2. The minimum Gasteiger partial charge on any atom is -0.484 e. The highest BCUT2D eigenvalue weighted by molar-refractivity contribution is 5.78. The molecule has 7 heteroatoms. The number of benzene rings is 1. The van der Waals surface area contributed by atoms with E-state index in [1.165, 1.54) is 24.3 Å². The minimum absolute atomic E-state index is 0.00972. The normalized spacial score (nSPS) is 21.9. The zero-order valence-corrected chi connectivity index (χ0v) is 12.0. The van der Waals surface area contributed by atoms with Gasteiger partial charge >= 0.3 is 0 Å². The molecule has 0 radical (unpaired) electrons. The molecule has 0 N–H and O–H groups in total. The molecule has 1 amide bonds. The molecule has 1 aromatic carbocycles. The van der Waals surface area contributed by atoms with Gasteiger partial charge in [-0.25, -0.2) is 0 Å². The summed E-state index contributed by atoms with van der Waals surface area (Å²) in [7, 11) is 0. The molecule has 0 aromatic heterocycles. The second-order valence-electron chi connectivity index (χ2n) is 5.10. The van der Waals surface area contributed by atoms with E-state index in [4.69, 9.17) is 9.47 Å². The highest BCUT2D eigenvalue weighted by atomic mass is 16.6. The molecule has 114 valence electrons. The number of nitro benzene ring substituents is 1. The predicted octanol–water partition coefficient (Wildman–Crippen LogP) is 1.61. The second-order valence-corrected chi connectivity index (χ2v) is 5.10. The van der Waals surface area contributed by atoms with E-state index in [2.05, 4.69) is 0 Å². The average molecular weight is 294 g/mol. The van der Waals surface area contributed by atoms with Crippen molar-refractivity contribution in [1.82, 2.24) is 4.90 Å². The number of carbonyl (C=O) groups excluding carboxylic acids is 1. The van der Waals surface area contributed by atoms with Crippen molar-refractivity contribution in [3.8, 4) is 5.75 Å². The molecule has 1 fully saturated rings. The highest BCUT2D eigenvalue weighted by Gasteiger charge is 2.25. The molecule has 1 saturated heterocycles. The van der Waals surface area contributed by atoms with Crippen LogP contribution < -0.4 is 4.74 Å². The lowest BCUT2D eigenvalue weighted by Crippen LogP contribution is -2.49. The van der Waals surface area contributed by atoms with E-state index in [1.54, 1.807) is 4.90 Å². The fraction of sp³-hybridized carbons (Fsp3) is 0.500. The van der Waals surface area contributed by atoms with Crippen molar-refractivity contribution in [2.75, 3.05) is 19.7 Å². The van der Waals surface area contributed by atoms with E-state index in [-0.39, 0.29) is 30.4 Å². The van der Waals surface area contributed by atoms with Gasteiger partial charge in [0.1, 0.15) is 5.75 Å². The van der Waals surface area contributed by atoms with Crippen LogP contribution in [0.4, 0.5) is 5.69 Å². The Morgan fingerprint density at radius 2 is 1.90 bits per heavy atom. The molecule has 2 rings (SSSR count). The van der Waals surface area contributed by atoms with Gasteiger partial charge in [0.15, 0.2) is 6.61 Å². The molecular formula is C14H18N2O5. The summed E-state index contributed by atoms with van der Waals surface area (Å²) in [5, 5.41) is 10.5. The van der Waals surface area contributed by atoms with E-state index in [0.717, 1.165) is 0 Å². The van der Waals surface area contributed by atoms with Crippen LogP contribution in [0.3, 0.4) is 0 Å². The average Bonchev–Trinajstić information content (AvgIpc) is 2.44. The molecule has 0 aliphatic carbocycles. The number of non-ortho nitro benzene ring substituents is 1. The quantitative estimate of drug-likeness (QED) is 0.622. The molecule has 0 saturated carbocycles. The Kier molecular flexibility index (Phi) is 4.74. The van der Waals surface area contributed by atoms with E-state index >= 15 is 0 Å². The van der Waals surface area contributed by atoms with Crippen molar-refractivity contribution < 1.29 is 19.2 Å². The number of nitro groups is 1. The highest BCUT2D eigenvalue weighted by Crippen LogP contribution is 2.17. The lowest BCUT2D eigenvalue weighted by molar-refractivity contribution is -0.384. The Morgan fingerprint density at radius 3 is 2.43 bits per heavy atom. The van der Waals surface area contributed by atoms with Crippen molar-refractivity contribution in [2.45, 2.75) is 26.1 Å². The first-order valence-electron chi connectivity index (χ1n) is 6.76. The predicted molar refractivity (Wildman–Crippen MR) is 75.2 cm³/mol. The standard InChI is InChI=1S/C14H18N2O5/c1-10-7-15(8-11(2)21-10)14(17)9-20-13-5-3-12(4-6-13)16(18)19/h3-6,10-11H,7-9H2,1-2H3. The summed E-state index contributed by atoms with van der Waals surface area (Å²) in [6, 6.07) is 5.66. The molecule has 1 aliphatic rings. The number of rotatable bonds is 4. The van der Waals surface area contributed by atoms with Crippen LogP contribution in [0.25, 0.3) is 0 Å². The van der Waals surface area contributed by atoms with Gasteiger partial charge < -0.3 is 14.4 Å². The first-order chi connectivity index (χ1) is 9.95. The van der Waals surface area contributed by atoms with Crippen molar-refractivity contribution in [2.24, 2.45) is 0 Å². The fourth-order valence-electron chi connectivity index (χ4n) is 2.28. The van der Waals surface area contributed by atoms with Crippen molar-refractivity contribution in [1.29, 1.82) is 0 Å². The summed E-state index contributed by atoms with van der Waals surface area (Å²) in [4.78, 5) is 23.8. The summed E-state index contributed by atoms with van der Waals surface area (Å²) in [6.45, 7) is 4.86. The van der Waals surface area contributed by atoms with Crippen LogP contribution in [0, 0.1) is 10.1 Å². The molecule has 21 heavy (non-hydrogen) atoms. The first-order valence-corrected chi connectivity index (χ1v) is 6.76. The van der Waals surface area contributed by atoms with Crippen LogP contribution in [0.15, 0.2) is 24.3 Å². The van der Waals surface area contributed by atoms with Crippen LogP contribution in [0.1, 0.15) is 13.8 Å². The van der Waals surface area contributed by atoms with Gasteiger partial charge in [-0.2, -0.15) is 0 Å². The molecule has 2 atom stereocenters. The van der Waals surface area contributed by atoms with Gasteiger partial charge in [-0.1, -0.05) is 0 Å². The largest absolute Gasteiger partial charge is 0.484 e. The van der Waals surface area contributed by atoms with E-state index in [9.17, 15) is 14.9 Å². The lowest BCUT2D eigenvalue weighted by atomic mass is 10.2. The van der Waals surface area contributed by atoms with E-state index in [0.29, 0.717) is 18.8 Å². The summed E-state index contributed by atoms with van der Waals surface area (Å²) in [5.41, 5.74) is -0.00972. The van der Waals surface area contributed by atoms with Crippen LogP contribution >= 0.6 is 0 Å². The number of hydrogen-bond donors (Lipinski definition) is 0. The monoisotopic (exact) mass is 294 g/mol. The van der Waals surface area contributed by atoms with Crippen molar-refractivity contribution in [3.05, 3.63) is 34.4 Å². The zero-order valence-electron chi connectivity index (χ0n) is 12.0. The number of amides is 1. The number of morpholine rings is 1. The summed E-state index contributed by atoms with van der Waals surface area (Å²) in [5.74, 6) is 0.318. The molecule has 0 bridgehead atoms. The summed E-state index contributed by atoms with van der Waals surface area (Å²) >= 11 is 0. The Labute approximate surface area is 122 Å². The smallest absolute Gasteiger partial charge is 0.269 e. The lowest BCUT2D eigenvalue weighted by Gasteiger charge is -2.35. The van der Waals surface area contributed by atoms with Crippen molar-refractivity contribution in [3.63, 3.8) is 0 Å². The van der Waals surface area contributed by atoms with Crippen LogP contribution in [-0.4, -0.2) is 47.6 Å². The summed E-state index contributed by atoms with van der Waals surface area (Å²) in [6.07, 6.45) is 0.0224. The molecule has 0 spiro atoms. The molecule has 7 nitrogen and oxygen atoms in total. The number of carbonyl (C=O) groups is 1. The maximum Gasteiger partial charge on any atom is 0.269 e. The first kappa shape index (κ1) is 15.2.